The number of nitrogens with one attached hydrogen (secondary N) is 2. The number of amides is 2. The molecule has 0 fully saturated rings. The number of hydrogen-bond acceptors (Lipinski definition) is 4. The molecule has 2 atom stereocenters. The van der Waals surface area contributed by atoms with Gasteiger partial charge in [0.25, 0.3) is 0 Å². The average molecular weight is 515 g/mol. The van der Waals surface area contributed by atoms with Crippen LogP contribution in [0.4, 0.5) is 18.0 Å². The first-order chi connectivity index (χ1) is 17.6. The lowest BCUT2D eigenvalue weighted by Gasteiger charge is -2.22. The molecule has 0 saturated carbocycles. The van der Waals surface area contributed by atoms with Crippen molar-refractivity contribution in [2.24, 2.45) is 0 Å². The molecule has 7 nitrogen and oxygen atoms in total. The highest BCUT2D eigenvalue weighted by molar-refractivity contribution is 5.89. The number of benzene rings is 3. The van der Waals surface area contributed by atoms with Crippen molar-refractivity contribution in [1.29, 1.82) is 0 Å². The molecule has 10 heteroatoms. The Balaban J connectivity index is 1.75. The average Bonchev–Trinajstić information content (AvgIpc) is 2.87. The molecule has 0 aliphatic carbocycles. The van der Waals surface area contributed by atoms with E-state index in [0.29, 0.717) is 5.56 Å². The zero-order chi connectivity index (χ0) is 26.8. The minimum Gasteiger partial charge on any atom is -0.480 e. The van der Waals surface area contributed by atoms with Crippen LogP contribution in [0.1, 0.15) is 22.3 Å². The zero-order valence-electron chi connectivity index (χ0n) is 19.6. The van der Waals surface area contributed by atoms with E-state index in [2.05, 4.69) is 10.6 Å². The van der Waals surface area contributed by atoms with Gasteiger partial charge >= 0.3 is 18.2 Å². The van der Waals surface area contributed by atoms with E-state index < -0.39 is 48.2 Å². The van der Waals surface area contributed by atoms with Gasteiger partial charge in [0.15, 0.2) is 0 Å². The van der Waals surface area contributed by atoms with Gasteiger partial charge in [0, 0.05) is 12.8 Å². The summed E-state index contributed by atoms with van der Waals surface area (Å²) in [6.07, 6.45) is -6.20. The molecule has 0 saturated heterocycles. The summed E-state index contributed by atoms with van der Waals surface area (Å²) in [5.74, 6) is -2.40. The van der Waals surface area contributed by atoms with Crippen LogP contribution in [0.15, 0.2) is 84.9 Å². The summed E-state index contributed by atoms with van der Waals surface area (Å²) in [5.41, 5.74) is 0.118. The predicted octanol–water partition coefficient (Wildman–Crippen LogP) is 4.36. The smallest absolute Gasteiger partial charge is 0.416 e. The molecule has 0 aliphatic heterocycles. The van der Waals surface area contributed by atoms with E-state index in [0.717, 1.165) is 17.7 Å². The summed E-state index contributed by atoms with van der Waals surface area (Å²) < 4.78 is 45.3. The second kappa shape index (κ2) is 12.6. The number of alkyl halides is 3. The molecule has 194 valence electrons. The third-order valence-electron chi connectivity index (χ3n) is 5.47. The van der Waals surface area contributed by atoms with Crippen LogP contribution in [0.2, 0.25) is 0 Å². The molecule has 3 N–H and O–H groups in total. The van der Waals surface area contributed by atoms with Crippen molar-refractivity contribution in [3.63, 3.8) is 0 Å². The minimum atomic E-state index is -4.69. The van der Waals surface area contributed by atoms with Gasteiger partial charge in [0.2, 0.25) is 5.91 Å². The highest BCUT2D eigenvalue weighted by Gasteiger charge is 2.35. The van der Waals surface area contributed by atoms with E-state index in [-0.39, 0.29) is 18.6 Å². The van der Waals surface area contributed by atoms with Gasteiger partial charge in [-0.25, -0.2) is 9.59 Å². The minimum absolute atomic E-state index is 0.00140. The maximum absolute atomic E-state index is 13.4. The van der Waals surface area contributed by atoms with Crippen LogP contribution in [0.3, 0.4) is 0 Å². The lowest BCUT2D eigenvalue weighted by molar-refractivity contribution is -0.143. The molecule has 0 unspecified atom stereocenters. The third kappa shape index (κ3) is 8.38. The quantitative estimate of drug-likeness (QED) is 0.373. The van der Waals surface area contributed by atoms with Crippen molar-refractivity contribution in [2.75, 3.05) is 0 Å². The molecule has 0 aromatic heterocycles. The van der Waals surface area contributed by atoms with Crippen LogP contribution in [0.25, 0.3) is 0 Å². The second-order valence-corrected chi connectivity index (χ2v) is 8.21. The Morgan fingerprint density at radius 2 is 1.32 bits per heavy atom. The normalized spacial score (nSPS) is 12.7. The molecule has 0 spiro atoms. The molecular weight excluding hydrogens is 489 g/mol. The predicted molar refractivity (Wildman–Crippen MR) is 128 cm³/mol. The van der Waals surface area contributed by atoms with Gasteiger partial charge in [0.05, 0.1) is 5.56 Å². The van der Waals surface area contributed by atoms with Gasteiger partial charge in [-0.05, 0) is 22.8 Å². The lowest BCUT2D eigenvalue weighted by atomic mass is 9.99. The number of rotatable bonds is 10. The first-order valence-electron chi connectivity index (χ1n) is 11.3. The van der Waals surface area contributed by atoms with E-state index in [4.69, 9.17) is 4.74 Å². The van der Waals surface area contributed by atoms with Gasteiger partial charge in [-0.3, -0.25) is 4.79 Å². The van der Waals surface area contributed by atoms with Gasteiger partial charge < -0.3 is 20.5 Å². The number of carbonyl (C=O) groups excluding carboxylic acids is 2. The monoisotopic (exact) mass is 514 g/mol. The largest absolute Gasteiger partial charge is 0.480 e. The number of carboxylic acid groups (broad SMARTS) is 1. The molecule has 3 rings (SSSR count). The van der Waals surface area contributed by atoms with Crippen LogP contribution in [-0.2, 0) is 40.0 Å². The fourth-order valence-electron chi connectivity index (χ4n) is 3.63. The van der Waals surface area contributed by atoms with Crippen LogP contribution in [-0.4, -0.2) is 35.2 Å². The Kier molecular flexibility index (Phi) is 9.26. The van der Waals surface area contributed by atoms with Crippen LogP contribution < -0.4 is 10.6 Å². The van der Waals surface area contributed by atoms with Crippen molar-refractivity contribution in [3.8, 4) is 0 Å². The number of ether oxygens (including phenoxy) is 1. The summed E-state index contributed by atoms with van der Waals surface area (Å²) in [4.78, 5) is 37.4. The van der Waals surface area contributed by atoms with E-state index >= 15 is 0 Å². The molecule has 2 amide bonds. The van der Waals surface area contributed by atoms with E-state index in [9.17, 15) is 32.7 Å². The molecule has 3 aromatic carbocycles. The fraction of sp³-hybridized carbons (Fsp3) is 0.222. The molecule has 3 aromatic rings. The first kappa shape index (κ1) is 27.3. The maximum atomic E-state index is 13.4. The SMILES string of the molecule is O=C(N[C@@H](Cc1ccccc1)C(=O)N[C@H](Cc1ccccc1C(F)(F)F)C(=O)O)OCc1ccccc1. The van der Waals surface area contributed by atoms with E-state index in [1.807, 2.05) is 0 Å². The van der Waals surface area contributed by atoms with Gasteiger partial charge in [-0.2, -0.15) is 13.2 Å². The Bertz CT molecular complexity index is 1200. The number of carboxylic acids is 1. The number of alkyl carbamates (subject to hydrolysis) is 1. The summed E-state index contributed by atoms with van der Waals surface area (Å²) in [5, 5.41) is 14.3. The van der Waals surface area contributed by atoms with Crippen molar-refractivity contribution in [3.05, 3.63) is 107 Å². The molecule has 0 radical (unpaired) electrons. The highest BCUT2D eigenvalue weighted by Crippen LogP contribution is 2.32. The highest BCUT2D eigenvalue weighted by atomic mass is 19.4. The Hall–Kier alpha value is -4.34. The summed E-state index contributed by atoms with van der Waals surface area (Å²) in [6.45, 7) is -0.0572. The van der Waals surface area contributed by atoms with Gasteiger partial charge in [-0.15, -0.1) is 0 Å². The zero-order valence-corrected chi connectivity index (χ0v) is 19.6. The number of carbonyl (C=O) groups is 3. The molecule has 0 heterocycles. The van der Waals surface area contributed by atoms with E-state index in [1.165, 1.54) is 12.1 Å². The van der Waals surface area contributed by atoms with Gasteiger partial charge in [-0.1, -0.05) is 78.9 Å². The van der Waals surface area contributed by atoms with Crippen molar-refractivity contribution in [2.45, 2.75) is 37.7 Å². The van der Waals surface area contributed by atoms with Crippen molar-refractivity contribution >= 4 is 18.0 Å². The third-order valence-corrected chi connectivity index (χ3v) is 5.47. The number of hydrogen-bond donors (Lipinski definition) is 3. The van der Waals surface area contributed by atoms with Gasteiger partial charge in [0.1, 0.15) is 18.7 Å². The molecule has 0 aliphatic rings. The molecule has 37 heavy (non-hydrogen) atoms. The molecule has 0 bridgehead atoms. The maximum Gasteiger partial charge on any atom is 0.416 e. The lowest BCUT2D eigenvalue weighted by Crippen LogP contribution is -2.53. The standard InChI is InChI=1S/C27H25F3N2O5/c28-27(29,30)21-14-8-7-13-20(21)16-23(25(34)35)31-24(33)22(15-18-9-3-1-4-10-18)32-26(36)37-17-19-11-5-2-6-12-19/h1-14,22-23H,15-17H2,(H,31,33)(H,32,36)(H,34,35)/t22-,23+/m0/s1. The number of aliphatic carboxylic acids is 1. The fourth-order valence-corrected chi connectivity index (χ4v) is 3.63. The van der Waals surface area contributed by atoms with Crippen LogP contribution in [0.5, 0.6) is 0 Å². The number of halogens is 3. The Labute approximate surface area is 211 Å². The first-order valence-corrected chi connectivity index (χ1v) is 11.3. The summed E-state index contributed by atoms with van der Waals surface area (Å²) >= 11 is 0. The van der Waals surface area contributed by atoms with Crippen molar-refractivity contribution < 1.29 is 37.4 Å². The topological polar surface area (TPSA) is 105 Å². The summed E-state index contributed by atoms with van der Waals surface area (Å²) in [7, 11) is 0. The molecular formula is C27H25F3N2O5. The Morgan fingerprint density at radius 3 is 1.92 bits per heavy atom. The van der Waals surface area contributed by atoms with Crippen LogP contribution in [0, 0.1) is 0 Å². The Morgan fingerprint density at radius 1 is 0.757 bits per heavy atom. The van der Waals surface area contributed by atoms with Crippen LogP contribution >= 0.6 is 0 Å². The summed E-state index contributed by atoms with van der Waals surface area (Å²) in [6, 6.07) is 19.1. The van der Waals surface area contributed by atoms with Crippen molar-refractivity contribution in [1.82, 2.24) is 10.6 Å². The van der Waals surface area contributed by atoms with E-state index in [1.54, 1.807) is 60.7 Å². The second-order valence-electron chi connectivity index (χ2n) is 8.21.